The molecule has 0 heterocycles. The van der Waals surface area contributed by atoms with Gasteiger partial charge in [0.15, 0.2) is 0 Å². The maximum Gasteiger partial charge on any atom is 0.339 e. The molecule has 8 heteroatoms. The van der Waals surface area contributed by atoms with Crippen molar-refractivity contribution in [2.45, 2.75) is 117 Å². The summed E-state index contributed by atoms with van der Waals surface area (Å²) in [5.41, 5.74) is 1.94. The number of carbonyl (C=O) groups is 4. The quantitative estimate of drug-likeness (QED) is 0.0546. The Kier molecular flexibility index (Phi) is 22.8. The van der Waals surface area contributed by atoms with E-state index in [1.807, 2.05) is 37.3 Å². The molecular formula is C43H58O8. The Morgan fingerprint density at radius 1 is 0.373 bits per heavy atom. The lowest BCUT2D eigenvalue weighted by Crippen LogP contribution is -2.15. The first kappa shape index (κ1) is 42.7. The molecule has 278 valence electrons. The Morgan fingerprint density at radius 2 is 0.686 bits per heavy atom. The zero-order valence-electron chi connectivity index (χ0n) is 31.0. The van der Waals surface area contributed by atoms with E-state index >= 15 is 0 Å². The molecule has 51 heavy (non-hydrogen) atoms. The van der Waals surface area contributed by atoms with Gasteiger partial charge in [-0.1, -0.05) is 146 Å². The molecule has 0 aliphatic heterocycles. The van der Waals surface area contributed by atoms with Crippen molar-refractivity contribution in [3.8, 4) is 0 Å². The van der Waals surface area contributed by atoms with E-state index < -0.39 is 23.9 Å². The Morgan fingerprint density at radius 3 is 1.08 bits per heavy atom. The van der Waals surface area contributed by atoms with Crippen LogP contribution in [0.15, 0.2) is 78.9 Å². The van der Waals surface area contributed by atoms with Gasteiger partial charge in [0, 0.05) is 0 Å². The summed E-state index contributed by atoms with van der Waals surface area (Å²) in [5.74, 6) is -1.91. The summed E-state index contributed by atoms with van der Waals surface area (Å²) in [6.45, 7) is 7.71. The molecule has 3 aromatic carbocycles. The molecule has 8 nitrogen and oxygen atoms in total. The van der Waals surface area contributed by atoms with Gasteiger partial charge in [0.25, 0.3) is 0 Å². The third-order valence-electron chi connectivity index (χ3n) is 8.14. The van der Waals surface area contributed by atoms with E-state index in [-0.39, 0.29) is 17.7 Å². The molecule has 0 aliphatic carbocycles. The first-order valence-corrected chi connectivity index (χ1v) is 18.8. The first-order valence-electron chi connectivity index (χ1n) is 18.8. The summed E-state index contributed by atoms with van der Waals surface area (Å²) in [5, 5.41) is 0. The fourth-order valence-electron chi connectivity index (χ4n) is 5.12. The van der Waals surface area contributed by atoms with Crippen LogP contribution in [0.3, 0.4) is 0 Å². The van der Waals surface area contributed by atoms with E-state index in [9.17, 15) is 19.2 Å². The van der Waals surface area contributed by atoms with Gasteiger partial charge in [0.05, 0.1) is 42.1 Å². The van der Waals surface area contributed by atoms with Gasteiger partial charge in [-0.15, -0.1) is 0 Å². The SMILES string of the molecule is CCCCCCCCOC(=O)c1ccccc1C(=O)OCCCCCCCC.CCCCOC(=O)c1ccccc1C(=O)OCc1ccccc1. The normalized spacial score (nSPS) is 10.4. The van der Waals surface area contributed by atoms with Gasteiger partial charge in [0.1, 0.15) is 6.61 Å². The summed E-state index contributed by atoms with van der Waals surface area (Å²) in [4.78, 5) is 49.0. The zero-order chi connectivity index (χ0) is 36.9. The van der Waals surface area contributed by atoms with E-state index in [4.69, 9.17) is 18.9 Å². The van der Waals surface area contributed by atoms with Crippen LogP contribution in [0, 0.1) is 0 Å². The van der Waals surface area contributed by atoms with Crippen LogP contribution < -0.4 is 0 Å². The van der Waals surface area contributed by atoms with E-state index in [2.05, 4.69) is 13.8 Å². The maximum absolute atomic E-state index is 12.4. The first-order chi connectivity index (χ1) is 24.9. The summed E-state index contributed by atoms with van der Waals surface area (Å²) >= 11 is 0. The fraction of sp³-hybridized carbons (Fsp3) is 0.488. The second-order valence-corrected chi connectivity index (χ2v) is 12.4. The summed E-state index contributed by atoms with van der Waals surface area (Å²) < 4.78 is 21.2. The van der Waals surface area contributed by atoms with Gasteiger partial charge in [0.2, 0.25) is 0 Å². The van der Waals surface area contributed by atoms with E-state index in [1.165, 1.54) is 51.4 Å². The van der Waals surface area contributed by atoms with Crippen LogP contribution in [-0.2, 0) is 25.6 Å². The van der Waals surface area contributed by atoms with Gasteiger partial charge in [-0.25, -0.2) is 19.2 Å². The van der Waals surface area contributed by atoms with Gasteiger partial charge >= 0.3 is 23.9 Å². The molecule has 0 fully saturated rings. The van der Waals surface area contributed by atoms with Crippen LogP contribution in [0.25, 0.3) is 0 Å². The predicted molar refractivity (Wildman–Crippen MR) is 201 cm³/mol. The monoisotopic (exact) mass is 702 g/mol. The zero-order valence-corrected chi connectivity index (χ0v) is 31.0. The second kappa shape index (κ2) is 27.3. The largest absolute Gasteiger partial charge is 0.462 e. The van der Waals surface area contributed by atoms with Crippen LogP contribution in [0.1, 0.15) is 158 Å². The fourth-order valence-corrected chi connectivity index (χ4v) is 5.12. The van der Waals surface area contributed by atoms with Crippen LogP contribution >= 0.6 is 0 Å². The minimum absolute atomic E-state index is 0.166. The molecule has 0 amide bonds. The average Bonchev–Trinajstić information content (AvgIpc) is 3.16. The molecule has 0 bridgehead atoms. The minimum Gasteiger partial charge on any atom is -0.462 e. The van der Waals surface area contributed by atoms with Gasteiger partial charge in [-0.3, -0.25) is 0 Å². The lowest BCUT2D eigenvalue weighted by Gasteiger charge is -2.10. The number of benzene rings is 3. The molecule has 3 rings (SSSR count). The smallest absolute Gasteiger partial charge is 0.339 e. The molecule has 0 unspecified atom stereocenters. The number of unbranched alkanes of at least 4 members (excludes halogenated alkanes) is 11. The average molecular weight is 703 g/mol. The molecule has 0 saturated heterocycles. The van der Waals surface area contributed by atoms with Crippen LogP contribution in [0.5, 0.6) is 0 Å². The number of rotatable bonds is 23. The number of hydrogen-bond donors (Lipinski definition) is 0. The number of carbonyl (C=O) groups excluding carboxylic acids is 4. The lowest BCUT2D eigenvalue weighted by molar-refractivity contribution is 0.0437. The Balaban J connectivity index is 0.000000360. The molecule has 0 atom stereocenters. The molecule has 3 aromatic rings. The third kappa shape index (κ3) is 17.9. The van der Waals surface area contributed by atoms with Crippen molar-refractivity contribution in [1.82, 2.24) is 0 Å². The highest BCUT2D eigenvalue weighted by Gasteiger charge is 2.20. The van der Waals surface area contributed by atoms with Crippen molar-refractivity contribution in [3.63, 3.8) is 0 Å². The Hall–Kier alpha value is -4.46. The van der Waals surface area contributed by atoms with Crippen LogP contribution in [0.4, 0.5) is 0 Å². The highest BCUT2D eigenvalue weighted by Crippen LogP contribution is 2.15. The van der Waals surface area contributed by atoms with E-state index in [0.29, 0.717) is 30.9 Å². The minimum atomic E-state index is -0.531. The predicted octanol–water partition coefficient (Wildman–Crippen LogP) is 10.7. The summed E-state index contributed by atoms with van der Waals surface area (Å²) in [6, 6.07) is 22.7. The highest BCUT2D eigenvalue weighted by molar-refractivity contribution is 6.03. The van der Waals surface area contributed by atoms with Crippen molar-refractivity contribution in [1.29, 1.82) is 0 Å². The van der Waals surface area contributed by atoms with Crippen molar-refractivity contribution >= 4 is 23.9 Å². The second-order valence-electron chi connectivity index (χ2n) is 12.4. The van der Waals surface area contributed by atoms with E-state index in [1.54, 1.807) is 48.5 Å². The number of hydrogen-bond acceptors (Lipinski definition) is 8. The van der Waals surface area contributed by atoms with Gasteiger partial charge < -0.3 is 18.9 Å². The molecule has 0 spiro atoms. The summed E-state index contributed by atoms with van der Waals surface area (Å²) in [6.07, 6.45) is 15.4. The Labute approximate surface area is 305 Å². The van der Waals surface area contributed by atoms with Crippen molar-refractivity contribution in [3.05, 3.63) is 107 Å². The molecule has 0 N–H and O–H groups in total. The standard InChI is InChI=1S/C24H38O4.C19H20O4/c1-3-5-7-9-11-15-19-27-23(25)21-17-13-14-18-22(21)24(26)28-20-16-12-10-8-6-4-2;1-2-3-13-22-18(20)16-11-7-8-12-17(16)19(21)23-14-15-9-5-4-6-10-15/h13-14,17-18H,3-12,15-16,19-20H2,1-2H3;4-12H,2-3,13-14H2,1H3. The number of esters is 4. The van der Waals surface area contributed by atoms with E-state index in [0.717, 1.165) is 44.1 Å². The Bertz CT molecular complexity index is 1370. The van der Waals surface area contributed by atoms with Crippen LogP contribution in [0.2, 0.25) is 0 Å². The van der Waals surface area contributed by atoms with Crippen molar-refractivity contribution in [2.75, 3.05) is 19.8 Å². The summed E-state index contributed by atoms with van der Waals surface area (Å²) in [7, 11) is 0. The van der Waals surface area contributed by atoms with Gasteiger partial charge in [-0.2, -0.15) is 0 Å². The molecule has 0 aliphatic rings. The molecule has 0 aromatic heterocycles. The topological polar surface area (TPSA) is 105 Å². The third-order valence-corrected chi connectivity index (χ3v) is 8.14. The lowest BCUT2D eigenvalue weighted by atomic mass is 10.1. The van der Waals surface area contributed by atoms with Crippen LogP contribution in [-0.4, -0.2) is 43.7 Å². The highest BCUT2D eigenvalue weighted by atomic mass is 16.5. The van der Waals surface area contributed by atoms with Crippen molar-refractivity contribution in [2.24, 2.45) is 0 Å². The molecule has 0 saturated carbocycles. The molecular weight excluding hydrogens is 644 g/mol. The molecule has 0 radical (unpaired) electrons. The number of ether oxygens (including phenoxy) is 4. The maximum atomic E-state index is 12.4. The van der Waals surface area contributed by atoms with Crippen molar-refractivity contribution < 1.29 is 38.1 Å². The van der Waals surface area contributed by atoms with Gasteiger partial charge in [-0.05, 0) is 49.1 Å².